The van der Waals surface area contributed by atoms with Gasteiger partial charge in [-0.2, -0.15) is 9.78 Å². The number of nitrogens with zero attached hydrogens (tertiary/aromatic N) is 6. The van der Waals surface area contributed by atoms with Crippen LogP contribution in [0.25, 0.3) is 33.2 Å². The third-order valence-corrected chi connectivity index (χ3v) is 5.03. The summed E-state index contributed by atoms with van der Waals surface area (Å²) in [6.45, 7) is 6.10. The molecule has 7 nitrogen and oxygen atoms in total. The number of aromatic nitrogens is 5. The molecule has 0 atom stereocenters. The quantitative estimate of drug-likeness (QED) is 0.344. The van der Waals surface area contributed by atoms with Crippen molar-refractivity contribution < 1.29 is 0 Å². The number of rotatable bonds is 4. The molecule has 5 aromatic rings. The molecule has 0 amide bonds. The second-order valence-electron chi connectivity index (χ2n) is 6.99. The lowest BCUT2D eigenvalue weighted by molar-refractivity contribution is 0.763. The molecule has 0 aliphatic carbocycles. The molecule has 0 spiro atoms. The minimum Gasteiger partial charge on any atom is -0.295 e. The second-order valence-corrected chi connectivity index (χ2v) is 6.99. The molecule has 0 radical (unpaired) electrons. The number of allylic oxidation sites excluding steroid dienone is 1. The van der Waals surface area contributed by atoms with Crippen LogP contribution in [0.15, 0.2) is 77.4 Å². The SMILES string of the molecule is C=CCn1cnc2c(c1=O)c1nc3ccccc3nc1n2/N=C\c1ccccc1C. The number of hydrogen-bond acceptors (Lipinski definition) is 5. The van der Waals surface area contributed by atoms with Crippen LogP contribution in [0.4, 0.5) is 0 Å². The van der Waals surface area contributed by atoms with Crippen molar-refractivity contribution in [3.05, 3.63) is 89.0 Å². The van der Waals surface area contributed by atoms with Crippen LogP contribution in [-0.4, -0.2) is 30.4 Å². The molecule has 30 heavy (non-hydrogen) atoms. The van der Waals surface area contributed by atoms with E-state index in [1.165, 1.54) is 10.9 Å². The fourth-order valence-corrected chi connectivity index (χ4v) is 3.48. The van der Waals surface area contributed by atoms with Crippen LogP contribution in [0.1, 0.15) is 11.1 Å². The molecule has 0 aliphatic rings. The van der Waals surface area contributed by atoms with Crippen molar-refractivity contribution in [3.63, 3.8) is 0 Å². The van der Waals surface area contributed by atoms with Crippen molar-refractivity contribution in [2.75, 3.05) is 0 Å². The molecule has 3 heterocycles. The molecule has 0 unspecified atom stereocenters. The number of benzene rings is 2. The Kier molecular flexibility index (Phi) is 4.21. The van der Waals surface area contributed by atoms with Crippen molar-refractivity contribution in [3.8, 4) is 0 Å². The van der Waals surface area contributed by atoms with E-state index in [1.54, 1.807) is 17.0 Å². The van der Waals surface area contributed by atoms with E-state index in [1.807, 2.05) is 55.5 Å². The van der Waals surface area contributed by atoms with Crippen LogP contribution in [0.3, 0.4) is 0 Å². The monoisotopic (exact) mass is 394 g/mol. The highest BCUT2D eigenvalue weighted by atomic mass is 16.1. The molecular weight excluding hydrogens is 376 g/mol. The van der Waals surface area contributed by atoms with Gasteiger partial charge >= 0.3 is 0 Å². The van der Waals surface area contributed by atoms with Crippen molar-refractivity contribution >= 4 is 39.4 Å². The van der Waals surface area contributed by atoms with Gasteiger partial charge in [0.05, 0.1) is 17.2 Å². The molecule has 7 heteroatoms. The summed E-state index contributed by atoms with van der Waals surface area (Å²) in [5.74, 6) is 0. The van der Waals surface area contributed by atoms with E-state index in [-0.39, 0.29) is 5.56 Å². The lowest BCUT2D eigenvalue weighted by Gasteiger charge is -2.02. The van der Waals surface area contributed by atoms with E-state index in [0.29, 0.717) is 34.3 Å². The average Bonchev–Trinajstić information content (AvgIpc) is 3.07. The Balaban J connectivity index is 1.86. The van der Waals surface area contributed by atoms with E-state index in [0.717, 1.165) is 16.6 Å². The van der Waals surface area contributed by atoms with Crippen LogP contribution >= 0.6 is 0 Å². The zero-order chi connectivity index (χ0) is 20.7. The van der Waals surface area contributed by atoms with Gasteiger partial charge in [0.25, 0.3) is 5.56 Å². The highest BCUT2D eigenvalue weighted by Crippen LogP contribution is 2.24. The predicted molar refractivity (Wildman–Crippen MR) is 119 cm³/mol. The fourth-order valence-electron chi connectivity index (χ4n) is 3.48. The number of fused-ring (bicyclic) bond motifs is 4. The van der Waals surface area contributed by atoms with E-state index >= 15 is 0 Å². The summed E-state index contributed by atoms with van der Waals surface area (Å²) < 4.78 is 3.09. The molecule has 0 bridgehead atoms. The Hall–Kier alpha value is -4.13. The van der Waals surface area contributed by atoms with Gasteiger partial charge in [-0.1, -0.05) is 42.5 Å². The third-order valence-electron chi connectivity index (χ3n) is 5.03. The summed E-state index contributed by atoms with van der Waals surface area (Å²) in [6, 6.07) is 15.5. The lowest BCUT2D eigenvalue weighted by atomic mass is 10.1. The van der Waals surface area contributed by atoms with Gasteiger partial charge < -0.3 is 0 Å². The first-order chi connectivity index (χ1) is 14.7. The Bertz CT molecular complexity index is 1530. The van der Waals surface area contributed by atoms with Gasteiger partial charge in [0.1, 0.15) is 17.2 Å². The van der Waals surface area contributed by atoms with E-state index in [4.69, 9.17) is 9.97 Å². The Morgan fingerprint density at radius 3 is 2.53 bits per heavy atom. The Morgan fingerprint density at radius 2 is 1.77 bits per heavy atom. The zero-order valence-electron chi connectivity index (χ0n) is 16.4. The largest absolute Gasteiger partial charge is 0.295 e. The first-order valence-electron chi connectivity index (χ1n) is 9.54. The lowest BCUT2D eigenvalue weighted by Crippen LogP contribution is -2.19. The second kappa shape index (κ2) is 7.04. The topological polar surface area (TPSA) is 78.0 Å². The summed E-state index contributed by atoms with van der Waals surface area (Å²) in [5.41, 5.74) is 4.73. The van der Waals surface area contributed by atoms with Gasteiger partial charge in [0.15, 0.2) is 11.3 Å². The van der Waals surface area contributed by atoms with Gasteiger partial charge in [-0.3, -0.25) is 9.36 Å². The van der Waals surface area contributed by atoms with Crippen LogP contribution in [0.5, 0.6) is 0 Å². The number of hydrogen-bond donors (Lipinski definition) is 0. The molecule has 146 valence electrons. The Labute approximate surface area is 171 Å². The van der Waals surface area contributed by atoms with Crippen molar-refractivity contribution in [1.29, 1.82) is 0 Å². The van der Waals surface area contributed by atoms with Gasteiger partial charge in [-0.05, 0) is 30.2 Å². The molecule has 3 aromatic heterocycles. The molecule has 0 N–H and O–H groups in total. The standard InChI is InChI=1S/C23H18N6O/c1-3-12-28-14-24-21-19(23(28)30)20-22(27-18-11-7-6-10-17(18)26-20)29(21)25-13-16-9-5-4-8-15(16)2/h3-11,13-14H,1,12H2,2H3/b25-13-. The highest BCUT2D eigenvalue weighted by molar-refractivity contribution is 6.04. The maximum absolute atomic E-state index is 13.2. The normalized spacial score (nSPS) is 11.8. The van der Waals surface area contributed by atoms with Gasteiger partial charge in [-0.25, -0.2) is 15.0 Å². The van der Waals surface area contributed by atoms with Crippen LogP contribution in [-0.2, 0) is 6.54 Å². The van der Waals surface area contributed by atoms with Crippen LogP contribution < -0.4 is 5.56 Å². The first-order valence-corrected chi connectivity index (χ1v) is 9.54. The molecule has 0 fully saturated rings. The van der Waals surface area contributed by atoms with Crippen molar-refractivity contribution in [2.45, 2.75) is 13.5 Å². The third kappa shape index (κ3) is 2.79. The summed E-state index contributed by atoms with van der Waals surface area (Å²) in [7, 11) is 0. The fraction of sp³-hybridized carbons (Fsp3) is 0.0870. The molecule has 0 saturated carbocycles. The maximum atomic E-state index is 13.2. The smallest absolute Gasteiger partial charge is 0.265 e. The van der Waals surface area contributed by atoms with Gasteiger partial charge in [0.2, 0.25) is 0 Å². The highest BCUT2D eigenvalue weighted by Gasteiger charge is 2.19. The maximum Gasteiger partial charge on any atom is 0.265 e. The van der Waals surface area contributed by atoms with Gasteiger partial charge in [0, 0.05) is 6.54 Å². The van der Waals surface area contributed by atoms with Crippen molar-refractivity contribution in [2.24, 2.45) is 5.10 Å². The molecule has 5 rings (SSSR count). The summed E-state index contributed by atoms with van der Waals surface area (Å²) >= 11 is 0. The first kappa shape index (κ1) is 17.9. The molecule has 0 aliphatic heterocycles. The minimum absolute atomic E-state index is 0.195. The molecule has 0 saturated heterocycles. The van der Waals surface area contributed by atoms with E-state index < -0.39 is 0 Å². The zero-order valence-corrected chi connectivity index (χ0v) is 16.4. The average molecular weight is 394 g/mol. The number of aryl methyl sites for hydroxylation is 1. The van der Waals surface area contributed by atoms with E-state index in [9.17, 15) is 4.79 Å². The van der Waals surface area contributed by atoms with Crippen LogP contribution in [0.2, 0.25) is 0 Å². The van der Waals surface area contributed by atoms with Crippen molar-refractivity contribution in [1.82, 2.24) is 24.2 Å². The van der Waals surface area contributed by atoms with Gasteiger partial charge in [-0.15, -0.1) is 6.58 Å². The Morgan fingerprint density at radius 1 is 1.03 bits per heavy atom. The van der Waals surface area contributed by atoms with E-state index in [2.05, 4.69) is 16.7 Å². The molecular formula is C23H18N6O. The minimum atomic E-state index is -0.195. The summed E-state index contributed by atoms with van der Waals surface area (Å²) in [6.07, 6.45) is 4.91. The predicted octanol–water partition coefficient (Wildman–Crippen LogP) is 3.67. The molecule has 2 aromatic carbocycles. The van der Waals surface area contributed by atoms with Crippen LogP contribution in [0, 0.1) is 6.92 Å². The summed E-state index contributed by atoms with van der Waals surface area (Å²) in [5, 5.41) is 5.03. The number of para-hydroxylation sites is 2. The summed E-state index contributed by atoms with van der Waals surface area (Å²) in [4.78, 5) is 27.1.